The molecule has 3 heterocycles. The number of nitrogens with zero attached hydrogens (tertiary/aromatic N) is 3. The fraction of sp³-hybridized carbons (Fsp3) is 0.143. The van der Waals surface area contributed by atoms with Gasteiger partial charge in [-0.3, -0.25) is 9.59 Å². The largest absolute Gasteiger partial charge is 0.454 e. The van der Waals surface area contributed by atoms with Crippen LogP contribution in [0.1, 0.15) is 11.4 Å². The Labute approximate surface area is 174 Å². The minimum Gasteiger partial charge on any atom is -0.454 e. The number of aromatic nitrogens is 4. The quantitative estimate of drug-likeness (QED) is 0.509. The van der Waals surface area contributed by atoms with Crippen LogP contribution in [0.4, 0.5) is 4.39 Å². The van der Waals surface area contributed by atoms with E-state index < -0.39 is 5.56 Å². The van der Waals surface area contributed by atoms with E-state index in [0.717, 1.165) is 5.56 Å². The molecule has 9 nitrogen and oxygen atoms in total. The highest BCUT2D eigenvalue weighted by atomic mass is 19.1. The first-order valence-corrected chi connectivity index (χ1v) is 9.45. The number of aromatic amines is 1. The number of halogens is 1. The first kappa shape index (κ1) is 18.8. The Balaban J connectivity index is 1.34. The Hall–Kier alpha value is -4.21. The van der Waals surface area contributed by atoms with E-state index in [0.29, 0.717) is 29.3 Å². The molecule has 0 aliphatic carbocycles. The van der Waals surface area contributed by atoms with E-state index in [4.69, 9.17) is 9.47 Å². The number of carbonyl (C=O) groups excluding carboxylic acids is 1. The summed E-state index contributed by atoms with van der Waals surface area (Å²) in [4.78, 5) is 24.6. The van der Waals surface area contributed by atoms with E-state index in [1.165, 1.54) is 16.6 Å². The molecule has 2 aromatic carbocycles. The molecule has 0 atom stereocenters. The molecule has 5 rings (SSSR count). The average molecular weight is 421 g/mol. The van der Waals surface area contributed by atoms with Crippen molar-refractivity contribution in [2.45, 2.75) is 13.0 Å². The minimum atomic E-state index is -0.439. The average Bonchev–Trinajstić information content (AvgIpc) is 3.42. The molecule has 4 aromatic rings. The van der Waals surface area contributed by atoms with Gasteiger partial charge in [-0.25, -0.2) is 14.0 Å². The summed E-state index contributed by atoms with van der Waals surface area (Å²) in [7, 11) is 0. The van der Waals surface area contributed by atoms with Gasteiger partial charge in [0.25, 0.3) is 5.56 Å². The fourth-order valence-corrected chi connectivity index (χ4v) is 3.29. The Morgan fingerprint density at radius 3 is 2.77 bits per heavy atom. The van der Waals surface area contributed by atoms with Gasteiger partial charge in [0.05, 0.1) is 12.1 Å². The molecule has 0 bridgehead atoms. The number of amides is 1. The molecule has 156 valence electrons. The van der Waals surface area contributed by atoms with Crippen molar-refractivity contribution in [1.29, 1.82) is 0 Å². The monoisotopic (exact) mass is 421 g/mol. The van der Waals surface area contributed by atoms with Crippen LogP contribution in [0.2, 0.25) is 0 Å². The normalized spacial score (nSPS) is 12.3. The van der Waals surface area contributed by atoms with Crippen molar-refractivity contribution < 1.29 is 18.7 Å². The summed E-state index contributed by atoms with van der Waals surface area (Å²) < 4.78 is 25.1. The van der Waals surface area contributed by atoms with Crippen LogP contribution in [-0.4, -0.2) is 32.5 Å². The van der Waals surface area contributed by atoms with E-state index in [9.17, 15) is 14.0 Å². The minimum absolute atomic E-state index is 0.0949. The maximum atomic E-state index is 13.2. The van der Waals surface area contributed by atoms with Gasteiger partial charge in [0.1, 0.15) is 11.3 Å². The number of ether oxygens (including phenoxy) is 2. The lowest BCUT2D eigenvalue weighted by atomic mass is 10.1. The maximum absolute atomic E-state index is 13.2. The van der Waals surface area contributed by atoms with Gasteiger partial charge in [-0.1, -0.05) is 6.07 Å². The van der Waals surface area contributed by atoms with Crippen LogP contribution in [0.15, 0.2) is 53.3 Å². The molecule has 0 fully saturated rings. The van der Waals surface area contributed by atoms with Crippen molar-refractivity contribution in [2.75, 3.05) is 6.79 Å². The second kappa shape index (κ2) is 7.56. The molecule has 0 spiro atoms. The smallest absolute Gasteiger partial charge is 0.290 e. The molecular formula is C21H16FN5O4. The lowest BCUT2D eigenvalue weighted by Gasteiger charge is -2.07. The van der Waals surface area contributed by atoms with E-state index >= 15 is 0 Å². The molecule has 0 saturated carbocycles. The Bertz CT molecular complexity index is 1350. The van der Waals surface area contributed by atoms with E-state index in [2.05, 4.69) is 20.6 Å². The lowest BCUT2D eigenvalue weighted by molar-refractivity contribution is -0.120. The molecule has 0 saturated heterocycles. The zero-order valence-corrected chi connectivity index (χ0v) is 16.1. The highest BCUT2D eigenvalue weighted by Gasteiger charge is 2.16. The highest BCUT2D eigenvalue weighted by molar-refractivity contribution is 5.78. The summed E-state index contributed by atoms with van der Waals surface area (Å²) >= 11 is 0. The number of hydrogen-bond acceptors (Lipinski definition) is 6. The van der Waals surface area contributed by atoms with Crippen LogP contribution in [0.3, 0.4) is 0 Å². The summed E-state index contributed by atoms with van der Waals surface area (Å²) in [5, 5.41) is 13.6. The molecule has 1 amide bonds. The predicted octanol–water partition coefficient (Wildman–Crippen LogP) is 1.81. The number of H-pyrrole nitrogens is 1. The molecule has 0 unspecified atom stereocenters. The Morgan fingerprint density at radius 1 is 1.13 bits per heavy atom. The van der Waals surface area contributed by atoms with Crippen molar-refractivity contribution in [2.24, 2.45) is 0 Å². The molecule has 2 N–H and O–H groups in total. The van der Waals surface area contributed by atoms with Crippen molar-refractivity contribution >= 4 is 11.4 Å². The number of benzene rings is 2. The van der Waals surface area contributed by atoms with Crippen LogP contribution in [0, 0.1) is 5.82 Å². The third-order valence-corrected chi connectivity index (χ3v) is 4.86. The van der Waals surface area contributed by atoms with Gasteiger partial charge < -0.3 is 14.8 Å². The number of hydrogen-bond donors (Lipinski definition) is 2. The van der Waals surface area contributed by atoms with Crippen LogP contribution in [0.25, 0.3) is 16.8 Å². The van der Waals surface area contributed by atoms with E-state index in [1.54, 1.807) is 24.3 Å². The zero-order valence-electron chi connectivity index (χ0n) is 16.1. The second-order valence-electron chi connectivity index (χ2n) is 6.94. The van der Waals surface area contributed by atoms with Crippen molar-refractivity contribution in [3.63, 3.8) is 0 Å². The lowest BCUT2D eigenvalue weighted by Crippen LogP contribution is -2.27. The molecule has 2 aromatic heterocycles. The van der Waals surface area contributed by atoms with E-state index in [-0.39, 0.29) is 36.3 Å². The first-order valence-electron chi connectivity index (χ1n) is 9.45. The number of nitrogens with one attached hydrogen (secondary N) is 2. The molecule has 31 heavy (non-hydrogen) atoms. The third kappa shape index (κ3) is 3.70. The predicted molar refractivity (Wildman–Crippen MR) is 107 cm³/mol. The molecule has 0 radical (unpaired) electrons. The summed E-state index contributed by atoms with van der Waals surface area (Å²) in [6, 6.07) is 12.8. The molecular weight excluding hydrogens is 405 g/mol. The van der Waals surface area contributed by atoms with Gasteiger partial charge in [0.15, 0.2) is 17.3 Å². The van der Waals surface area contributed by atoms with Crippen LogP contribution >= 0.6 is 0 Å². The summed E-state index contributed by atoms with van der Waals surface area (Å²) in [6.45, 7) is 0.477. The fourth-order valence-electron chi connectivity index (χ4n) is 3.29. The summed E-state index contributed by atoms with van der Waals surface area (Å²) in [5.74, 6) is 0.918. The van der Waals surface area contributed by atoms with Gasteiger partial charge in [-0.2, -0.15) is 10.2 Å². The number of carbonyl (C=O) groups is 1. The third-order valence-electron chi connectivity index (χ3n) is 4.86. The van der Waals surface area contributed by atoms with Crippen molar-refractivity contribution in [3.8, 4) is 22.8 Å². The molecule has 1 aliphatic rings. The van der Waals surface area contributed by atoms with Crippen molar-refractivity contribution in [3.05, 3.63) is 76.1 Å². The highest BCUT2D eigenvalue weighted by Crippen LogP contribution is 2.32. The second-order valence-corrected chi connectivity index (χ2v) is 6.94. The summed E-state index contributed by atoms with van der Waals surface area (Å²) in [6.07, 6.45) is -0.0949. The summed E-state index contributed by atoms with van der Waals surface area (Å²) in [5.41, 5.74) is 1.77. The number of fused-ring (bicyclic) bond motifs is 2. The van der Waals surface area contributed by atoms with Gasteiger partial charge >= 0.3 is 0 Å². The van der Waals surface area contributed by atoms with Gasteiger partial charge in [0, 0.05) is 12.1 Å². The standard InChI is InChI=1S/C21H16FN5O4/c22-14-4-2-13(3-5-14)15-8-16-21(29)25-24-19(27(16)26-15)9-20(28)23-10-12-1-6-17-18(7-12)31-11-30-17/h1-8H,9-11H2,(H,23,28)(H,25,29). The Kier molecular flexibility index (Phi) is 4.58. The molecule has 1 aliphatic heterocycles. The molecule has 10 heteroatoms. The van der Waals surface area contributed by atoms with Crippen LogP contribution < -0.4 is 20.3 Å². The van der Waals surface area contributed by atoms with Gasteiger partial charge in [-0.05, 0) is 48.0 Å². The van der Waals surface area contributed by atoms with Gasteiger partial charge in [-0.15, -0.1) is 0 Å². The van der Waals surface area contributed by atoms with Crippen LogP contribution in [-0.2, 0) is 17.8 Å². The number of rotatable bonds is 5. The maximum Gasteiger partial charge on any atom is 0.290 e. The zero-order chi connectivity index (χ0) is 21.4. The van der Waals surface area contributed by atoms with Gasteiger partial charge in [0.2, 0.25) is 12.7 Å². The Morgan fingerprint density at radius 2 is 1.94 bits per heavy atom. The SMILES string of the molecule is O=C(Cc1n[nH]c(=O)c2cc(-c3ccc(F)cc3)nn12)NCc1ccc2c(c1)OCO2. The first-order chi connectivity index (χ1) is 15.1. The van der Waals surface area contributed by atoms with Crippen LogP contribution in [0.5, 0.6) is 11.5 Å². The van der Waals surface area contributed by atoms with E-state index in [1.807, 2.05) is 12.1 Å². The topological polar surface area (TPSA) is 111 Å². The van der Waals surface area contributed by atoms with Crippen molar-refractivity contribution in [1.82, 2.24) is 25.1 Å².